The molecule has 1 atom stereocenters. The largest absolute Gasteiger partial charge is 0.297 e. The highest BCUT2D eigenvalue weighted by Gasteiger charge is 2.22. The lowest BCUT2D eigenvalue weighted by molar-refractivity contribution is 0.279. The van der Waals surface area contributed by atoms with E-state index in [1.807, 2.05) is 13.8 Å². The first-order valence-electron chi connectivity index (χ1n) is 8.19. The minimum atomic E-state index is -3.94. The Bertz CT molecular complexity index is 934. The second kappa shape index (κ2) is 8.30. The molecule has 0 aromatic heterocycles. The lowest BCUT2D eigenvalue weighted by Crippen LogP contribution is -2.38. The quantitative estimate of drug-likeness (QED) is 0.692. The summed E-state index contributed by atoms with van der Waals surface area (Å²) in [6.07, 6.45) is 0.383. The van der Waals surface area contributed by atoms with Crippen LogP contribution < -0.4 is 4.72 Å². The lowest BCUT2D eigenvalue weighted by atomic mass is 10.2. The molecule has 0 fully saturated rings. The maximum atomic E-state index is 12.4. The van der Waals surface area contributed by atoms with Crippen LogP contribution in [0.25, 0.3) is 0 Å². The molecule has 0 saturated heterocycles. The Balaban J connectivity index is 2.07. The van der Waals surface area contributed by atoms with Gasteiger partial charge in [0.25, 0.3) is 10.1 Å². The van der Waals surface area contributed by atoms with E-state index in [0.717, 1.165) is 11.1 Å². The fourth-order valence-corrected chi connectivity index (χ4v) is 4.44. The van der Waals surface area contributed by atoms with E-state index in [2.05, 4.69) is 4.72 Å². The second-order valence-corrected chi connectivity index (χ2v) is 9.42. The van der Waals surface area contributed by atoms with Gasteiger partial charge in [0.1, 0.15) is 0 Å². The number of sulfonamides is 1. The Morgan fingerprint density at radius 1 is 0.846 bits per heavy atom. The molecule has 1 unspecified atom stereocenters. The van der Waals surface area contributed by atoms with E-state index in [9.17, 15) is 16.8 Å². The van der Waals surface area contributed by atoms with Gasteiger partial charge >= 0.3 is 0 Å². The zero-order valence-corrected chi connectivity index (χ0v) is 16.6. The Labute approximate surface area is 155 Å². The predicted molar refractivity (Wildman–Crippen MR) is 99.9 cm³/mol. The summed E-state index contributed by atoms with van der Waals surface area (Å²) in [6.45, 7) is 5.19. The van der Waals surface area contributed by atoms with Crippen LogP contribution in [0.1, 0.15) is 24.5 Å². The Morgan fingerprint density at radius 3 is 1.77 bits per heavy atom. The molecule has 0 spiro atoms. The first kappa shape index (κ1) is 20.6. The van der Waals surface area contributed by atoms with Crippen molar-refractivity contribution in [1.82, 2.24) is 4.72 Å². The molecule has 0 aliphatic rings. The molecule has 26 heavy (non-hydrogen) atoms. The maximum Gasteiger partial charge on any atom is 0.297 e. The van der Waals surface area contributed by atoms with Gasteiger partial charge in [0.05, 0.1) is 16.4 Å². The van der Waals surface area contributed by atoms with E-state index in [4.69, 9.17) is 4.18 Å². The third-order valence-corrected chi connectivity index (χ3v) is 6.71. The topological polar surface area (TPSA) is 89.5 Å². The molecule has 0 saturated carbocycles. The summed E-state index contributed by atoms with van der Waals surface area (Å²) in [6, 6.07) is 12.0. The highest BCUT2D eigenvalue weighted by atomic mass is 32.2. The highest BCUT2D eigenvalue weighted by Crippen LogP contribution is 2.15. The first-order chi connectivity index (χ1) is 12.1. The lowest BCUT2D eigenvalue weighted by Gasteiger charge is -2.17. The smallest absolute Gasteiger partial charge is 0.265 e. The number of hydrogen-bond donors (Lipinski definition) is 1. The molecular formula is C18H23NO5S2. The zero-order chi connectivity index (χ0) is 19.4. The average Bonchev–Trinajstić information content (AvgIpc) is 2.59. The fourth-order valence-electron chi connectivity index (χ4n) is 2.18. The monoisotopic (exact) mass is 397 g/mol. The number of aryl methyl sites for hydroxylation is 2. The van der Waals surface area contributed by atoms with Crippen molar-refractivity contribution in [3.8, 4) is 0 Å². The van der Waals surface area contributed by atoms with Crippen molar-refractivity contribution >= 4 is 20.1 Å². The minimum absolute atomic E-state index is 0.0411. The maximum absolute atomic E-state index is 12.4. The van der Waals surface area contributed by atoms with Crippen molar-refractivity contribution in [1.29, 1.82) is 0 Å². The standard InChI is InChI=1S/C18H23NO5S2/c1-4-16(19-25(20,21)17-9-5-14(2)6-10-17)13-24-26(22,23)18-11-7-15(3)8-12-18/h5-12,16,19H,4,13H2,1-3H3. The summed E-state index contributed by atoms with van der Waals surface area (Å²) in [7, 11) is -7.69. The molecule has 0 amide bonds. The van der Waals surface area contributed by atoms with Crippen LogP contribution >= 0.6 is 0 Å². The molecule has 0 bridgehead atoms. The van der Waals surface area contributed by atoms with Gasteiger partial charge in [-0.2, -0.15) is 8.42 Å². The van der Waals surface area contributed by atoms with Crippen LogP contribution in [0.15, 0.2) is 58.3 Å². The minimum Gasteiger partial charge on any atom is -0.265 e. The average molecular weight is 398 g/mol. The van der Waals surface area contributed by atoms with Crippen LogP contribution in [0.4, 0.5) is 0 Å². The van der Waals surface area contributed by atoms with Crippen LogP contribution in [-0.2, 0) is 24.3 Å². The molecule has 8 heteroatoms. The summed E-state index contributed by atoms with van der Waals surface area (Å²) < 4.78 is 56.9. The van der Waals surface area contributed by atoms with E-state index >= 15 is 0 Å². The van der Waals surface area contributed by atoms with E-state index in [1.54, 1.807) is 31.2 Å². The van der Waals surface area contributed by atoms with Crippen LogP contribution in [0.2, 0.25) is 0 Å². The van der Waals surface area contributed by atoms with Gasteiger partial charge in [0, 0.05) is 6.04 Å². The molecule has 142 valence electrons. The summed E-state index contributed by atoms with van der Waals surface area (Å²) in [4.78, 5) is 0.169. The molecule has 2 rings (SSSR count). The molecule has 0 heterocycles. The normalized spacial score (nSPS) is 13.5. The summed E-state index contributed by atoms with van der Waals surface area (Å²) in [5, 5.41) is 0. The summed E-state index contributed by atoms with van der Waals surface area (Å²) >= 11 is 0. The highest BCUT2D eigenvalue weighted by molar-refractivity contribution is 7.89. The summed E-state index contributed by atoms with van der Waals surface area (Å²) in [5.74, 6) is 0. The fraction of sp³-hybridized carbons (Fsp3) is 0.333. The molecule has 0 radical (unpaired) electrons. The molecule has 2 aromatic carbocycles. The second-order valence-electron chi connectivity index (χ2n) is 6.09. The van der Waals surface area contributed by atoms with Gasteiger partial charge in [0.15, 0.2) is 0 Å². The van der Waals surface area contributed by atoms with Crippen LogP contribution in [0.3, 0.4) is 0 Å². The number of benzene rings is 2. The molecule has 1 N–H and O–H groups in total. The SMILES string of the molecule is CCC(COS(=O)(=O)c1ccc(C)cc1)NS(=O)(=O)c1ccc(C)cc1. The van der Waals surface area contributed by atoms with Crippen molar-refractivity contribution < 1.29 is 21.0 Å². The van der Waals surface area contributed by atoms with Gasteiger partial charge in [0.2, 0.25) is 10.0 Å². The van der Waals surface area contributed by atoms with Gasteiger partial charge in [-0.1, -0.05) is 42.3 Å². The van der Waals surface area contributed by atoms with Gasteiger partial charge < -0.3 is 0 Å². The Kier molecular flexibility index (Phi) is 6.57. The van der Waals surface area contributed by atoms with Crippen LogP contribution in [0.5, 0.6) is 0 Å². The summed E-state index contributed by atoms with van der Waals surface area (Å²) in [5.41, 5.74) is 1.88. The van der Waals surface area contributed by atoms with Crippen molar-refractivity contribution in [2.24, 2.45) is 0 Å². The van der Waals surface area contributed by atoms with E-state index in [1.165, 1.54) is 24.3 Å². The third kappa shape index (κ3) is 5.38. The molecule has 2 aromatic rings. The molecule has 6 nitrogen and oxygen atoms in total. The third-order valence-electron chi connectivity index (χ3n) is 3.88. The van der Waals surface area contributed by atoms with Crippen LogP contribution in [0, 0.1) is 13.8 Å². The van der Waals surface area contributed by atoms with E-state index < -0.39 is 26.2 Å². The van der Waals surface area contributed by atoms with E-state index in [-0.39, 0.29) is 16.4 Å². The van der Waals surface area contributed by atoms with Crippen molar-refractivity contribution in [2.75, 3.05) is 6.61 Å². The van der Waals surface area contributed by atoms with Crippen LogP contribution in [-0.4, -0.2) is 29.5 Å². The number of nitrogens with one attached hydrogen (secondary N) is 1. The van der Waals surface area contributed by atoms with Crippen molar-refractivity contribution in [3.63, 3.8) is 0 Å². The molecule has 0 aliphatic carbocycles. The van der Waals surface area contributed by atoms with Gasteiger partial charge in [-0.15, -0.1) is 0 Å². The predicted octanol–water partition coefficient (Wildman–Crippen LogP) is 2.77. The Morgan fingerprint density at radius 2 is 1.31 bits per heavy atom. The number of rotatable bonds is 8. The molecule has 0 aliphatic heterocycles. The number of hydrogen-bond acceptors (Lipinski definition) is 5. The zero-order valence-electron chi connectivity index (χ0n) is 15.0. The first-order valence-corrected chi connectivity index (χ1v) is 11.1. The molecular weight excluding hydrogens is 374 g/mol. The Hall–Kier alpha value is -1.74. The van der Waals surface area contributed by atoms with Crippen molar-refractivity contribution in [3.05, 3.63) is 59.7 Å². The van der Waals surface area contributed by atoms with Crippen molar-refractivity contribution in [2.45, 2.75) is 43.0 Å². The van der Waals surface area contributed by atoms with Gasteiger partial charge in [-0.05, 0) is 44.5 Å². The van der Waals surface area contributed by atoms with Gasteiger partial charge in [-0.25, -0.2) is 13.1 Å². The van der Waals surface area contributed by atoms with E-state index in [0.29, 0.717) is 6.42 Å². The van der Waals surface area contributed by atoms with Gasteiger partial charge in [-0.3, -0.25) is 4.18 Å².